The maximum Gasteiger partial charge on any atom is 0.107 e. The Morgan fingerprint density at radius 3 is 2.38 bits per heavy atom. The lowest BCUT2D eigenvalue weighted by atomic mass is 10.2. The Balaban J connectivity index is 2.73. The van der Waals surface area contributed by atoms with Crippen molar-refractivity contribution in [3.05, 3.63) is 24.3 Å². The minimum Gasteiger partial charge on any atom is -0.399 e. The highest BCUT2D eigenvalue weighted by Crippen LogP contribution is 2.15. The summed E-state index contributed by atoms with van der Waals surface area (Å²) < 4.78 is 12.1. The molecule has 0 aliphatic heterocycles. The third-order valence-corrected chi connectivity index (χ3v) is 1.99. The van der Waals surface area contributed by atoms with Crippen LogP contribution in [0.5, 0.6) is 0 Å². The van der Waals surface area contributed by atoms with Gasteiger partial charge in [0.2, 0.25) is 0 Å². The van der Waals surface area contributed by atoms with Crippen LogP contribution in [-0.4, -0.2) is 19.8 Å². The van der Waals surface area contributed by atoms with Gasteiger partial charge in [-0.25, -0.2) is 4.39 Å². The minimum atomic E-state index is -0.321. The molecule has 0 saturated heterocycles. The Hall–Kier alpha value is -1.25. The first-order chi connectivity index (χ1) is 6.27. The standard InChI is InChI=1S/C10H15FN2/c1-2-13(8-7-11)10-5-3-9(12)4-6-10/h3-6H,2,7-8,12H2,1H3. The molecular weight excluding hydrogens is 167 g/mol. The molecule has 0 fully saturated rings. The van der Waals surface area contributed by atoms with E-state index in [9.17, 15) is 4.39 Å². The number of nitrogen functional groups attached to an aromatic ring is 1. The van der Waals surface area contributed by atoms with Gasteiger partial charge in [0.1, 0.15) is 6.67 Å². The summed E-state index contributed by atoms with van der Waals surface area (Å²) in [5.74, 6) is 0. The molecule has 0 spiro atoms. The maximum atomic E-state index is 12.1. The lowest BCUT2D eigenvalue weighted by Crippen LogP contribution is -2.24. The molecule has 0 saturated carbocycles. The molecule has 0 heterocycles. The van der Waals surface area contributed by atoms with E-state index in [1.807, 2.05) is 36.1 Å². The molecule has 13 heavy (non-hydrogen) atoms. The number of hydrogen-bond acceptors (Lipinski definition) is 2. The molecule has 0 atom stereocenters. The number of hydrogen-bond donors (Lipinski definition) is 1. The fourth-order valence-electron chi connectivity index (χ4n) is 1.26. The second-order valence-corrected chi connectivity index (χ2v) is 2.86. The highest BCUT2D eigenvalue weighted by atomic mass is 19.1. The molecule has 0 aliphatic rings. The molecule has 0 amide bonds. The zero-order valence-corrected chi connectivity index (χ0v) is 7.83. The molecule has 0 aliphatic carbocycles. The SMILES string of the molecule is CCN(CCF)c1ccc(N)cc1. The van der Waals surface area contributed by atoms with Crippen molar-refractivity contribution >= 4 is 11.4 Å². The van der Waals surface area contributed by atoms with Crippen molar-refractivity contribution in [1.29, 1.82) is 0 Å². The van der Waals surface area contributed by atoms with Crippen molar-refractivity contribution in [2.45, 2.75) is 6.92 Å². The van der Waals surface area contributed by atoms with Crippen molar-refractivity contribution < 1.29 is 4.39 Å². The highest BCUT2D eigenvalue weighted by Gasteiger charge is 2.02. The molecule has 0 aromatic heterocycles. The average molecular weight is 182 g/mol. The first-order valence-electron chi connectivity index (χ1n) is 4.44. The van der Waals surface area contributed by atoms with Crippen LogP contribution >= 0.6 is 0 Å². The first kappa shape index (κ1) is 9.84. The Kier molecular flexibility index (Phi) is 3.55. The first-order valence-corrected chi connectivity index (χ1v) is 4.44. The summed E-state index contributed by atoms with van der Waals surface area (Å²) in [5, 5.41) is 0. The summed E-state index contributed by atoms with van der Waals surface area (Å²) in [5.41, 5.74) is 7.31. The Bertz CT molecular complexity index is 246. The van der Waals surface area contributed by atoms with Gasteiger partial charge >= 0.3 is 0 Å². The summed E-state index contributed by atoms with van der Waals surface area (Å²) in [7, 11) is 0. The van der Waals surface area contributed by atoms with Gasteiger partial charge in [0.05, 0.1) is 0 Å². The zero-order valence-electron chi connectivity index (χ0n) is 7.83. The van der Waals surface area contributed by atoms with Crippen molar-refractivity contribution in [2.24, 2.45) is 0 Å². The Labute approximate surface area is 78.2 Å². The second-order valence-electron chi connectivity index (χ2n) is 2.86. The molecule has 1 rings (SSSR count). The molecule has 1 aromatic carbocycles. The predicted octanol–water partition coefficient (Wildman–Crippen LogP) is 2.06. The second kappa shape index (κ2) is 4.70. The number of benzene rings is 1. The quantitative estimate of drug-likeness (QED) is 0.722. The fraction of sp³-hybridized carbons (Fsp3) is 0.400. The number of nitrogens with two attached hydrogens (primary N) is 1. The Morgan fingerprint density at radius 1 is 1.31 bits per heavy atom. The number of nitrogens with zero attached hydrogens (tertiary/aromatic N) is 1. The highest BCUT2D eigenvalue weighted by molar-refractivity contribution is 5.52. The summed E-state index contributed by atoms with van der Waals surface area (Å²) in [4.78, 5) is 1.97. The van der Waals surface area contributed by atoms with Gasteiger partial charge < -0.3 is 10.6 Å². The summed E-state index contributed by atoms with van der Waals surface area (Å²) in [6, 6.07) is 7.48. The van der Waals surface area contributed by atoms with E-state index in [0.717, 1.165) is 17.9 Å². The lowest BCUT2D eigenvalue weighted by Gasteiger charge is -2.21. The van der Waals surface area contributed by atoms with E-state index in [1.54, 1.807) is 0 Å². The summed E-state index contributed by atoms with van der Waals surface area (Å²) in [6.07, 6.45) is 0. The van der Waals surface area contributed by atoms with Gasteiger partial charge in [0, 0.05) is 24.5 Å². The van der Waals surface area contributed by atoms with Crippen molar-refractivity contribution in [3.8, 4) is 0 Å². The van der Waals surface area contributed by atoms with E-state index < -0.39 is 0 Å². The van der Waals surface area contributed by atoms with Crippen LogP contribution in [0.15, 0.2) is 24.3 Å². The molecule has 0 bridgehead atoms. The summed E-state index contributed by atoms with van der Waals surface area (Å²) >= 11 is 0. The minimum absolute atomic E-state index is 0.321. The van der Waals surface area contributed by atoms with Gasteiger partial charge in [-0.15, -0.1) is 0 Å². The molecule has 1 aromatic rings. The zero-order chi connectivity index (χ0) is 9.68. The number of alkyl halides is 1. The summed E-state index contributed by atoms with van der Waals surface area (Å²) in [6.45, 7) is 2.94. The molecule has 0 unspecified atom stereocenters. The molecule has 2 nitrogen and oxygen atoms in total. The molecule has 72 valence electrons. The van der Waals surface area contributed by atoms with Crippen LogP contribution in [0.1, 0.15) is 6.92 Å². The third kappa shape index (κ3) is 2.61. The topological polar surface area (TPSA) is 29.3 Å². The van der Waals surface area contributed by atoms with Crippen LogP contribution in [-0.2, 0) is 0 Å². The van der Waals surface area contributed by atoms with Crippen LogP contribution in [0, 0.1) is 0 Å². The average Bonchev–Trinajstić information content (AvgIpc) is 2.16. The number of halogens is 1. The molecule has 0 radical (unpaired) electrons. The van der Waals surface area contributed by atoms with Gasteiger partial charge in [-0.1, -0.05) is 0 Å². The van der Waals surface area contributed by atoms with Crippen LogP contribution < -0.4 is 10.6 Å². The third-order valence-electron chi connectivity index (χ3n) is 1.99. The van der Waals surface area contributed by atoms with Crippen LogP contribution in [0.4, 0.5) is 15.8 Å². The van der Waals surface area contributed by atoms with Gasteiger partial charge in [-0.2, -0.15) is 0 Å². The molecule has 3 heteroatoms. The van der Waals surface area contributed by atoms with Crippen molar-refractivity contribution in [3.63, 3.8) is 0 Å². The van der Waals surface area contributed by atoms with Gasteiger partial charge in [0.15, 0.2) is 0 Å². The molecule has 2 N–H and O–H groups in total. The van der Waals surface area contributed by atoms with Crippen molar-refractivity contribution in [1.82, 2.24) is 0 Å². The van der Waals surface area contributed by atoms with E-state index in [1.165, 1.54) is 0 Å². The van der Waals surface area contributed by atoms with Gasteiger partial charge in [0.25, 0.3) is 0 Å². The van der Waals surface area contributed by atoms with E-state index in [2.05, 4.69) is 0 Å². The predicted molar refractivity (Wildman–Crippen MR) is 54.7 cm³/mol. The normalized spacial score (nSPS) is 10.0. The lowest BCUT2D eigenvalue weighted by molar-refractivity contribution is 0.492. The van der Waals surface area contributed by atoms with E-state index in [-0.39, 0.29) is 6.67 Å². The van der Waals surface area contributed by atoms with E-state index >= 15 is 0 Å². The van der Waals surface area contributed by atoms with Crippen LogP contribution in [0.2, 0.25) is 0 Å². The number of anilines is 2. The van der Waals surface area contributed by atoms with Gasteiger partial charge in [-0.05, 0) is 31.2 Å². The van der Waals surface area contributed by atoms with Gasteiger partial charge in [-0.3, -0.25) is 0 Å². The monoisotopic (exact) mass is 182 g/mol. The molecular formula is C10H15FN2. The van der Waals surface area contributed by atoms with E-state index in [0.29, 0.717) is 6.54 Å². The smallest absolute Gasteiger partial charge is 0.107 e. The maximum absolute atomic E-state index is 12.1. The van der Waals surface area contributed by atoms with Crippen LogP contribution in [0.25, 0.3) is 0 Å². The van der Waals surface area contributed by atoms with Crippen LogP contribution in [0.3, 0.4) is 0 Å². The largest absolute Gasteiger partial charge is 0.399 e. The number of rotatable bonds is 4. The van der Waals surface area contributed by atoms with E-state index in [4.69, 9.17) is 5.73 Å². The van der Waals surface area contributed by atoms with Crippen molar-refractivity contribution in [2.75, 3.05) is 30.4 Å². The fourth-order valence-corrected chi connectivity index (χ4v) is 1.26. The Morgan fingerprint density at radius 2 is 1.92 bits per heavy atom.